The maximum atomic E-state index is 12.2. The molecule has 0 spiro atoms. The van der Waals surface area contributed by atoms with Gasteiger partial charge in [0.25, 0.3) is 0 Å². The van der Waals surface area contributed by atoms with Crippen molar-refractivity contribution >= 4 is 5.91 Å². The molecule has 4 aliphatic carbocycles. The third-order valence-corrected chi connectivity index (χ3v) is 8.64. The molecule has 0 bridgehead atoms. The van der Waals surface area contributed by atoms with Gasteiger partial charge in [0, 0.05) is 12.6 Å². The molecule has 3 fully saturated rings. The number of amides is 1. The molecule has 3 saturated carbocycles. The van der Waals surface area contributed by atoms with E-state index in [1.807, 2.05) is 6.08 Å². The van der Waals surface area contributed by atoms with Crippen molar-refractivity contribution in [1.82, 2.24) is 5.32 Å². The summed E-state index contributed by atoms with van der Waals surface area (Å²) in [7, 11) is 0. The van der Waals surface area contributed by atoms with Gasteiger partial charge in [0.1, 0.15) is 0 Å². The van der Waals surface area contributed by atoms with Crippen molar-refractivity contribution in [3.05, 3.63) is 23.3 Å². The van der Waals surface area contributed by atoms with Crippen molar-refractivity contribution in [3.8, 4) is 0 Å². The highest BCUT2D eigenvalue weighted by Crippen LogP contribution is 2.66. The molecule has 0 saturated heterocycles. The third-order valence-electron chi connectivity index (χ3n) is 8.64. The number of aliphatic hydroxyl groups excluding tert-OH is 2. The minimum absolute atomic E-state index is 0.0134. The van der Waals surface area contributed by atoms with E-state index in [-0.39, 0.29) is 29.4 Å². The van der Waals surface area contributed by atoms with Crippen LogP contribution in [0.25, 0.3) is 0 Å². The number of hydrogen-bond donors (Lipinski definition) is 3. The first kappa shape index (κ1) is 19.2. The fourth-order valence-corrected chi connectivity index (χ4v) is 7.12. The van der Waals surface area contributed by atoms with Crippen LogP contribution in [0.5, 0.6) is 0 Å². The molecule has 27 heavy (non-hydrogen) atoms. The van der Waals surface area contributed by atoms with E-state index >= 15 is 0 Å². The lowest BCUT2D eigenvalue weighted by Gasteiger charge is -2.57. The van der Waals surface area contributed by atoms with E-state index in [1.165, 1.54) is 30.4 Å². The summed E-state index contributed by atoms with van der Waals surface area (Å²) in [6.07, 6.45) is 12.9. The first-order valence-corrected chi connectivity index (χ1v) is 10.9. The zero-order valence-corrected chi connectivity index (χ0v) is 16.8. The molecule has 4 heteroatoms. The predicted octanol–water partition coefficient (Wildman–Crippen LogP) is 3.35. The van der Waals surface area contributed by atoms with Gasteiger partial charge in [0.05, 0.1) is 12.7 Å². The van der Waals surface area contributed by atoms with Gasteiger partial charge in [-0.25, -0.2) is 0 Å². The Morgan fingerprint density at radius 3 is 2.74 bits per heavy atom. The van der Waals surface area contributed by atoms with Crippen LogP contribution in [0.15, 0.2) is 23.3 Å². The molecule has 1 amide bonds. The molecule has 3 unspecified atom stereocenters. The molecule has 0 aromatic heterocycles. The van der Waals surface area contributed by atoms with Gasteiger partial charge in [-0.05, 0) is 80.0 Å². The number of carbonyl (C=O) groups excluding carboxylic acids is 1. The van der Waals surface area contributed by atoms with Crippen LogP contribution in [0, 0.1) is 28.6 Å². The standard InChI is InChI=1S/C23H35NO3/c1-22-9-7-17(26)13-15(22)3-5-18-19-6-4-16(14-21(27)24-11-12-25)23(19,2)10-8-20(18)22/h3,14,17-20,25-26H,4-13H2,1-2H3,(H,24,27)/b16-14+/t17-,18?,19?,20?,22-,23+/m0/s1. The van der Waals surface area contributed by atoms with Crippen molar-refractivity contribution in [3.63, 3.8) is 0 Å². The minimum Gasteiger partial charge on any atom is -0.395 e. The van der Waals surface area contributed by atoms with Gasteiger partial charge in [-0.2, -0.15) is 0 Å². The van der Waals surface area contributed by atoms with E-state index < -0.39 is 0 Å². The summed E-state index contributed by atoms with van der Waals surface area (Å²) in [5, 5.41) is 21.8. The van der Waals surface area contributed by atoms with Gasteiger partial charge in [-0.3, -0.25) is 4.79 Å². The lowest BCUT2D eigenvalue weighted by atomic mass is 9.48. The first-order chi connectivity index (χ1) is 12.9. The van der Waals surface area contributed by atoms with Crippen LogP contribution in [0.2, 0.25) is 0 Å². The Hall–Kier alpha value is -1.13. The summed E-state index contributed by atoms with van der Waals surface area (Å²) < 4.78 is 0. The fraction of sp³-hybridized carbons (Fsp3) is 0.783. The zero-order chi connectivity index (χ0) is 19.2. The Kier molecular flexibility index (Phi) is 5.00. The van der Waals surface area contributed by atoms with E-state index in [4.69, 9.17) is 5.11 Å². The quantitative estimate of drug-likeness (QED) is 0.525. The van der Waals surface area contributed by atoms with Crippen LogP contribution >= 0.6 is 0 Å². The highest BCUT2D eigenvalue weighted by atomic mass is 16.3. The van der Waals surface area contributed by atoms with Crippen LogP contribution in [-0.2, 0) is 4.79 Å². The second kappa shape index (κ2) is 7.04. The number of fused-ring (bicyclic) bond motifs is 5. The Labute approximate surface area is 163 Å². The minimum atomic E-state index is -0.145. The number of allylic oxidation sites excluding steroid dienone is 2. The Morgan fingerprint density at radius 1 is 1.22 bits per heavy atom. The van der Waals surface area contributed by atoms with Crippen LogP contribution < -0.4 is 5.32 Å². The molecular weight excluding hydrogens is 338 g/mol. The van der Waals surface area contributed by atoms with Crippen molar-refractivity contribution in [2.75, 3.05) is 13.2 Å². The van der Waals surface area contributed by atoms with Gasteiger partial charge in [0.2, 0.25) is 5.91 Å². The zero-order valence-electron chi connectivity index (χ0n) is 16.8. The molecule has 0 aliphatic heterocycles. The van der Waals surface area contributed by atoms with Crippen LogP contribution in [-0.4, -0.2) is 35.4 Å². The molecule has 0 heterocycles. The van der Waals surface area contributed by atoms with E-state index in [0.29, 0.717) is 18.4 Å². The number of nitrogens with one attached hydrogen (secondary N) is 1. The highest BCUT2D eigenvalue weighted by molar-refractivity contribution is 5.88. The second-order valence-electron chi connectivity index (χ2n) is 9.84. The summed E-state index contributed by atoms with van der Waals surface area (Å²) in [6.45, 7) is 5.15. The Balaban J connectivity index is 1.57. The summed E-state index contributed by atoms with van der Waals surface area (Å²) in [6, 6.07) is 0. The van der Waals surface area contributed by atoms with Crippen molar-refractivity contribution < 1.29 is 15.0 Å². The van der Waals surface area contributed by atoms with Crippen LogP contribution in [0.3, 0.4) is 0 Å². The molecule has 4 aliphatic rings. The molecule has 3 N–H and O–H groups in total. The van der Waals surface area contributed by atoms with E-state index in [2.05, 4.69) is 25.2 Å². The van der Waals surface area contributed by atoms with Gasteiger partial charge < -0.3 is 15.5 Å². The molecule has 0 aromatic rings. The molecule has 0 aromatic carbocycles. The molecular formula is C23H35NO3. The Morgan fingerprint density at radius 2 is 1.96 bits per heavy atom. The third kappa shape index (κ3) is 3.09. The second-order valence-corrected chi connectivity index (χ2v) is 9.84. The summed E-state index contributed by atoms with van der Waals surface area (Å²) in [5.41, 5.74) is 3.26. The average Bonchev–Trinajstić information content (AvgIpc) is 2.97. The molecule has 4 nitrogen and oxygen atoms in total. The largest absolute Gasteiger partial charge is 0.395 e. The molecule has 4 rings (SSSR count). The summed E-state index contributed by atoms with van der Waals surface area (Å²) in [5.74, 6) is 2.04. The molecule has 150 valence electrons. The summed E-state index contributed by atoms with van der Waals surface area (Å²) in [4.78, 5) is 12.2. The van der Waals surface area contributed by atoms with E-state index in [9.17, 15) is 9.90 Å². The predicted molar refractivity (Wildman–Crippen MR) is 106 cm³/mol. The average molecular weight is 374 g/mol. The topological polar surface area (TPSA) is 69.6 Å². The molecule has 0 radical (unpaired) electrons. The maximum Gasteiger partial charge on any atom is 0.244 e. The highest BCUT2D eigenvalue weighted by Gasteiger charge is 2.57. The smallest absolute Gasteiger partial charge is 0.244 e. The maximum absolute atomic E-state index is 12.2. The van der Waals surface area contributed by atoms with Crippen molar-refractivity contribution in [2.45, 2.75) is 71.3 Å². The lowest BCUT2D eigenvalue weighted by Crippen LogP contribution is -2.49. The SMILES string of the molecule is C[C@]12CC[C@H](O)CC1=CCC1C2CC[C@]2(C)/C(=C/C(=O)NCCO)CCC12. The first-order valence-electron chi connectivity index (χ1n) is 10.9. The van der Waals surface area contributed by atoms with E-state index in [0.717, 1.165) is 38.0 Å². The lowest BCUT2D eigenvalue weighted by molar-refractivity contribution is -0.116. The number of aliphatic hydroxyl groups is 2. The Bertz CT molecular complexity index is 669. The van der Waals surface area contributed by atoms with Crippen molar-refractivity contribution in [1.29, 1.82) is 0 Å². The molecule has 6 atom stereocenters. The van der Waals surface area contributed by atoms with E-state index in [1.54, 1.807) is 0 Å². The van der Waals surface area contributed by atoms with Crippen LogP contribution in [0.1, 0.15) is 65.2 Å². The van der Waals surface area contributed by atoms with Crippen molar-refractivity contribution in [2.24, 2.45) is 28.6 Å². The normalized spacial score (nSPS) is 44.9. The van der Waals surface area contributed by atoms with Crippen LogP contribution in [0.4, 0.5) is 0 Å². The van der Waals surface area contributed by atoms with Gasteiger partial charge >= 0.3 is 0 Å². The van der Waals surface area contributed by atoms with Gasteiger partial charge in [-0.1, -0.05) is 31.1 Å². The summed E-state index contributed by atoms with van der Waals surface area (Å²) >= 11 is 0. The van der Waals surface area contributed by atoms with Gasteiger partial charge in [0.15, 0.2) is 0 Å². The number of rotatable bonds is 3. The van der Waals surface area contributed by atoms with Gasteiger partial charge in [-0.15, -0.1) is 0 Å². The monoisotopic (exact) mass is 373 g/mol. The number of hydrogen-bond acceptors (Lipinski definition) is 3. The number of carbonyl (C=O) groups is 1. The fourth-order valence-electron chi connectivity index (χ4n) is 7.12.